The van der Waals surface area contributed by atoms with Crippen LogP contribution in [0.2, 0.25) is 0 Å². The van der Waals surface area contributed by atoms with Crippen molar-refractivity contribution in [3.8, 4) is 0 Å². The van der Waals surface area contributed by atoms with Gasteiger partial charge in [0, 0.05) is 13.0 Å². The molecule has 2 rings (SSSR count). The Morgan fingerprint density at radius 2 is 2.13 bits per heavy atom. The van der Waals surface area contributed by atoms with Crippen molar-refractivity contribution in [2.24, 2.45) is 5.92 Å². The van der Waals surface area contributed by atoms with Crippen molar-refractivity contribution >= 4 is 21.7 Å². The second kappa shape index (κ2) is 4.08. The highest BCUT2D eigenvalue weighted by Crippen LogP contribution is 2.46. The van der Waals surface area contributed by atoms with Gasteiger partial charge in [-0.25, -0.2) is 9.97 Å². The van der Waals surface area contributed by atoms with Crippen molar-refractivity contribution < 1.29 is 0 Å². The van der Waals surface area contributed by atoms with E-state index in [1.165, 1.54) is 6.42 Å². The van der Waals surface area contributed by atoms with Crippen molar-refractivity contribution in [3.05, 3.63) is 16.0 Å². The smallest absolute Gasteiger partial charge is 0.144 e. The molecule has 0 aromatic carbocycles. The van der Waals surface area contributed by atoms with Crippen LogP contribution in [-0.4, -0.2) is 17.0 Å². The lowest BCUT2D eigenvalue weighted by molar-refractivity contribution is 0.819. The number of halogens is 1. The molecular formula is C11H16BrN3. The minimum Gasteiger partial charge on any atom is -0.372 e. The number of nitrogens with zero attached hydrogens (tertiary/aromatic N) is 2. The van der Waals surface area contributed by atoms with Gasteiger partial charge in [0.25, 0.3) is 0 Å². The maximum absolute atomic E-state index is 4.61. The van der Waals surface area contributed by atoms with Gasteiger partial charge in [0.05, 0.1) is 10.2 Å². The van der Waals surface area contributed by atoms with Crippen LogP contribution >= 0.6 is 15.9 Å². The Labute approximate surface area is 98.8 Å². The summed E-state index contributed by atoms with van der Waals surface area (Å²) in [6.07, 6.45) is 2.17. The van der Waals surface area contributed by atoms with E-state index in [9.17, 15) is 0 Å². The van der Waals surface area contributed by atoms with Crippen molar-refractivity contribution in [3.63, 3.8) is 0 Å². The van der Waals surface area contributed by atoms with Crippen molar-refractivity contribution in [1.82, 2.24) is 9.97 Å². The average Bonchev–Trinajstić information content (AvgIpc) is 2.96. The molecule has 1 aliphatic rings. The zero-order valence-electron chi connectivity index (χ0n) is 9.34. The van der Waals surface area contributed by atoms with Crippen LogP contribution in [0.5, 0.6) is 0 Å². The van der Waals surface area contributed by atoms with E-state index in [1.807, 2.05) is 7.05 Å². The largest absolute Gasteiger partial charge is 0.372 e. The molecule has 2 atom stereocenters. The highest BCUT2D eigenvalue weighted by molar-refractivity contribution is 9.10. The average molecular weight is 270 g/mol. The second-order valence-electron chi connectivity index (χ2n) is 4.11. The molecule has 0 amide bonds. The van der Waals surface area contributed by atoms with Crippen molar-refractivity contribution in [1.29, 1.82) is 0 Å². The molecule has 3 nitrogen and oxygen atoms in total. The summed E-state index contributed by atoms with van der Waals surface area (Å²) in [5.74, 6) is 3.25. The quantitative estimate of drug-likeness (QED) is 0.917. The van der Waals surface area contributed by atoms with Crippen LogP contribution in [0.15, 0.2) is 4.47 Å². The molecule has 1 N–H and O–H groups in total. The number of hydrogen-bond donors (Lipinski definition) is 1. The van der Waals surface area contributed by atoms with Crippen molar-refractivity contribution in [2.75, 3.05) is 12.4 Å². The number of aryl methyl sites for hydroxylation is 1. The predicted octanol–water partition coefficient (Wildman–Crippen LogP) is 2.97. The molecule has 1 aliphatic carbocycles. The van der Waals surface area contributed by atoms with Gasteiger partial charge < -0.3 is 5.32 Å². The molecule has 0 spiro atoms. The lowest BCUT2D eigenvalue weighted by atomic mass is 10.2. The SMILES string of the molecule is CCc1nc(C2CC2C)nc(NC)c1Br. The fourth-order valence-corrected chi connectivity index (χ4v) is 2.42. The summed E-state index contributed by atoms with van der Waals surface area (Å²) in [5.41, 5.74) is 1.10. The molecule has 15 heavy (non-hydrogen) atoms. The normalized spacial score (nSPS) is 24.0. The third-order valence-corrected chi connectivity index (χ3v) is 3.78. The van der Waals surface area contributed by atoms with Gasteiger partial charge in [-0.3, -0.25) is 0 Å². The molecule has 82 valence electrons. The summed E-state index contributed by atoms with van der Waals surface area (Å²) in [6.45, 7) is 4.37. The summed E-state index contributed by atoms with van der Waals surface area (Å²) in [5, 5.41) is 3.11. The van der Waals surface area contributed by atoms with Crippen molar-refractivity contribution in [2.45, 2.75) is 32.6 Å². The lowest BCUT2D eigenvalue weighted by Crippen LogP contribution is -2.04. The number of nitrogens with one attached hydrogen (secondary N) is 1. The first kappa shape index (κ1) is 10.9. The monoisotopic (exact) mass is 269 g/mol. The van der Waals surface area contributed by atoms with Crippen LogP contribution in [0, 0.1) is 5.92 Å². The molecule has 1 heterocycles. The van der Waals surface area contributed by atoms with E-state index in [4.69, 9.17) is 0 Å². The van der Waals surface area contributed by atoms with Crippen LogP contribution in [0.25, 0.3) is 0 Å². The summed E-state index contributed by atoms with van der Waals surface area (Å²) >= 11 is 3.53. The summed E-state index contributed by atoms with van der Waals surface area (Å²) in [7, 11) is 1.90. The minimum absolute atomic E-state index is 0.579. The summed E-state index contributed by atoms with van der Waals surface area (Å²) in [4.78, 5) is 9.16. The molecular weight excluding hydrogens is 254 g/mol. The first-order chi connectivity index (χ1) is 7.17. The Hall–Kier alpha value is -0.640. The predicted molar refractivity (Wildman–Crippen MR) is 65.2 cm³/mol. The van der Waals surface area contributed by atoms with E-state index in [0.717, 1.165) is 34.1 Å². The maximum Gasteiger partial charge on any atom is 0.144 e. The fraction of sp³-hybridized carbons (Fsp3) is 0.636. The molecule has 1 saturated carbocycles. The van der Waals surface area contributed by atoms with Gasteiger partial charge in [0.1, 0.15) is 11.6 Å². The zero-order chi connectivity index (χ0) is 11.0. The number of aromatic nitrogens is 2. The van der Waals surface area contributed by atoms with Gasteiger partial charge in [-0.1, -0.05) is 13.8 Å². The Morgan fingerprint density at radius 3 is 2.60 bits per heavy atom. The maximum atomic E-state index is 4.61. The third-order valence-electron chi connectivity index (χ3n) is 2.95. The van der Waals surface area contributed by atoms with Gasteiger partial charge in [-0.15, -0.1) is 0 Å². The van der Waals surface area contributed by atoms with Gasteiger partial charge in [-0.2, -0.15) is 0 Å². The molecule has 4 heteroatoms. The zero-order valence-corrected chi connectivity index (χ0v) is 10.9. The van der Waals surface area contributed by atoms with Gasteiger partial charge >= 0.3 is 0 Å². The van der Waals surface area contributed by atoms with Crippen LogP contribution in [-0.2, 0) is 6.42 Å². The Balaban J connectivity index is 2.40. The Bertz CT molecular complexity index is 353. The Kier molecular flexibility index (Phi) is 2.96. The van der Waals surface area contributed by atoms with Crippen LogP contribution in [0.1, 0.15) is 37.7 Å². The Morgan fingerprint density at radius 1 is 1.47 bits per heavy atom. The standard InChI is InChI=1S/C11H16BrN3/c1-4-8-9(12)11(13-3)15-10(14-8)7-5-6(7)2/h6-7H,4-5H2,1-3H3,(H,13,14,15). The molecule has 0 radical (unpaired) electrons. The highest BCUT2D eigenvalue weighted by atomic mass is 79.9. The second-order valence-corrected chi connectivity index (χ2v) is 4.91. The van der Waals surface area contributed by atoms with E-state index in [-0.39, 0.29) is 0 Å². The number of anilines is 1. The van der Waals surface area contributed by atoms with E-state index < -0.39 is 0 Å². The summed E-state index contributed by atoms with van der Waals surface area (Å²) in [6, 6.07) is 0. The van der Waals surface area contributed by atoms with E-state index in [1.54, 1.807) is 0 Å². The topological polar surface area (TPSA) is 37.8 Å². The highest BCUT2D eigenvalue weighted by Gasteiger charge is 2.37. The van der Waals surface area contributed by atoms with Gasteiger partial charge in [-0.05, 0) is 34.7 Å². The summed E-state index contributed by atoms with van der Waals surface area (Å²) < 4.78 is 1.00. The molecule has 2 unspecified atom stereocenters. The van der Waals surface area contributed by atoms with E-state index in [2.05, 4.69) is 45.1 Å². The van der Waals surface area contributed by atoms with Gasteiger partial charge in [0.15, 0.2) is 0 Å². The molecule has 0 aliphatic heterocycles. The molecule has 1 aromatic rings. The first-order valence-corrected chi connectivity index (χ1v) is 6.20. The molecule has 0 bridgehead atoms. The lowest BCUT2D eigenvalue weighted by Gasteiger charge is -2.09. The fourth-order valence-electron chi connectivity index (χ4n) is 1.76. The number of rotatable bonds is 3. The van der Waals surface area contributed by atoms with E-state index >= 15 is 0 Å². The van der Waals surface area contributed by atoms with E-state index in [0.29, 0.717) is 5.92 Å². The third kappa shape index (κ3) is 2.00. The van der Waals surface area contributed by atoms with Crippen LogP contribution in [0.3, 0.4) is 0 Å². The van der Waals surface area contributed by atoms with Gasteiger partial charge in [0.2, 0.25) is 0 Å². The first-order valence-electron chi connectivity index (χ1n) is 5.41. The molecule has 1 aromatic heterocycles. The molecule has 0 saturated heterocycles. The minimum atomic E-state index is 0.579. The molecule has 1 fully saturated rings. The number of hydrogen-bond acceptors (Lipinski definition) is 3. The van der Waals surface area contributed by atoms with Crippen LogP contribution < -0.4 is 5.32 Å². The van der Waals surface area contributed by atoms with Crippen LogP contribution in [0.4, 0.5) is 5.82 Å².